The van der Waals surface area contributed by atoms with Gasteiger partial charge in [-0.2, -0.15) is 4.31 Å². The summed E-state index contributed by atoms with van der Waals surface area (Å²) in [5, 5.41) is 3.17. The smallest absolute Gasteiger partial charge is 0.243 e. The molecule has 0 unspecified atom stereocenters. The minimum Gasteiger partial charge on any atom is -0.325 e. The summed E-state index contributed by atoms with van der Waals surface area (Å²) >= 11 is 0. The van der Waals surface area contributed by atoms with Crippen molar-refractivity contribution in [2.45, 2.75) is 64.2 Å². The number of rotatable bonds is 7. The summed E-state index contributed by atoms with van der Waals surface area (Å²) in [6.07, 6.45) is 0.939. The standard InChI is InChI=1S/C26H34N2O4S/c1-17(2)23-7-6-8-24(18(3)4)25(23)27-26(30)21-13-15-28(16-14-21)33(31,32)22-11-9-20(10-12-22)19(5)29/h6-12,17-18,21H,13-16H2,1-5H3,(H,27,30). The monoisotopic (exact) mass is 470 g/mol. The average Bonchev–Trinajstić information content (AvgIpc) is 2.79. The number of ketones is 1. The number of sulfonamides is 1. The second kappa shape index (κ2) is 10.2. The summed E-state index contributed by atoms with van der Waals surface area (Å²) in [6, 6.07) is 12.2. The predicted octanol–water partition coefficient (Wildman–Crippen LogP) is 5.18. The van der Waals surface area contributed by atoms with Gasteiger partial charge in [0, 0.05) is 30.3 Å². The fraction of sp³-hybridized carbons (Fsp3) is 0.462. The molecule has 0 aromatic heterocycles. The zero-order valence-electron chi connectivity index (χ0n) is 20.1. The topological polar surface area (TPSA) is 83.6 Å². The molecule has 33 heavy (non-hydrogen) atoms. The summed E-state index contributed by atoms with van der Waals surface area (Å²) in [5.74, 6) is 0.163. The number of carbonyl (C=O) groups is 2. The average molecular weight is 471 g/mol. The zero-order valence-corrected chi connectivity index (χ0v) is 20.9. The molecule has 0 saturated carbocycles. The third-order valence-corrected chi connectivity index (χ3v) is 8.26. The number of hydrogen-bond acceptors (Lipinski definition) is 4. The SMILES string of the molecule is CC(=O)c1ccc(S(=O)(=O)N2CCC(C(=O)Nc3c(C(C)C)cccc3C(C)C)CC2)cc1. The van der Waals surface area contributed by atoms with Gasteiger partial charge in [-0.3, -0.25) is 9.59 Å². The van der Waals surface area contributed by atoms with Gasteiger partial charge >= 0.3 is 0 Å². The normalized spacial score (nSPS) is 15.7. The molecule has 178 valence electrons. The first-order chi connectivity index (χ1) is 15.5. The van der Waals surface area contributed by atoms with Crippen molar-refractivity contribution in [3.8, 4) is 0 Å². The second-order valence-electron chi connectivity index (χ2n) is 9.37. The Balaban J connectivity index is 1.70. The van der Waals surface area contributed by atoms with Crippen molar-refractivity contribution >= 4 is 27.4 Å². The first-order valence-corrected chi connectivity index (χ1v) is 13.0. The van der Waals surface area contributed by atoms with Crippen LogP contribution in [0, 0.1) is 5.92 Å². The molecule has 1 fully saturated rings. The Morgan fingerprint density at radius 2 is 1.42 bits per heavy atom. The van der Waals surface area contributed by atoms with Gasteiger partial charge in [0.2, 0.25) is 15.9 Å². The number of nitrogens with zero attached hydrogens (tertiary/aromatic N) is 1. The minimum absolute atomic E-state index is 0.0483. The van der Waals surface area contributed by atoms with Gasteiger partial charge in [0.05, 0.1) is 4.90 Å². The number of Topliss-reactive ketones (excluding diaryl/α,β-unsaturated/α-hetero) is 1. The lowest BCUT2D eigenvalue weighted by molar-refractivity contribution is -0.120. The molecule has 1 N–H and O–H groups in total. The Morgan fingerprint density at radius 3 is 1.88 bits per heavy atom. The summed E-state index contributed by atoms with van der Waals surface area (Å²) in [4.78, 5) is 24.8. The van der Waals surface area contributed by atoms with E-state index in [2.05, 4.69) is 45.1 Å². The molecule has 1 saturated heterocycles. The quantitative estimate of drug-likeness (QED) is 0.566. The van der Waals surface area contributed by atoms with E-state index in [1.807, 2.05) is 6.07 Å². The molecule has 0 bridgehead atoms. The Morgan fingerprint density at radius 1 is 0.909 bits per heavy atom. The number of anilines is 1. The van der Waals surface area contributed by atoms with Crippen LogP contribution in [0.15, 0.2) is 47.4 Å². The molecule has 0 aliphatic carbocycles. The lowest BCUT2D eigenvalue weighted by Crippen LogP contribution is -2.41. The molecular weight excluding hydrogens is 436 g/mol. The van der Waals surface area contributed by atoms with Crippen LogP contribution in [0.2, 0.25) is 0 Å². The van der Waals surface area contributed by atoms with Crippen molar-refractivity contribution in [2.24, 2.45) is 5.92 Å². The Bertz CT molecular complexity index is 1090. The van der Waals surface area contributed by atoms with Crippen molar-refractivity contribution in [1.29, 1.82) is 0 Å². The third kappa shape index (κ3) is 5.53. The van der Waals surface area contributed by atoms with Crippen molar-refractivity contribution in [3.63, 3.8) is 0 Å². The molecule has 7 heteroatoms. The van der Waals surface area contributed by atoms with E-state index < -0.39 is 10.0 Å². The van der Waals surface area contributed by atoms with Gasteiger partial charge in [-0.15, -0.1) is 0 Å². The number of carbonyl (C=O) groups excluding carboxylic acids is 2. The van der Waals surface area contributed by atoms with Gasteiger partial charge in [0.15, 0.2) is 5.78 Å². The molecule has 1 amide bonds. The highest BCUT2D eigenvalue weighted by atomic mass is 32.2. The highest BCUT2D eigenvalue weighted by molar-refractivity contribution is 7.89. The molecule has 6 nitrogen and oxygen atoms in total. The molecule has 1 aliphatic heterocycles. The second-order valence-corrected chi connectivity index (χ2v) is 11.3. The van der Waals surface area contributed by atoms with Crippen molar-refractivity contribution in [2.75, 3.05) is 18.4 Å². The maximum Gasteiger partial charge on any atom is 0.243 e. The first kappa shape index (κ1) is 25.1. The van der Waals surface area contributed by atoms with Crippen molar-refractivity contribution in [3.05, 3.63) is 59.2 Å². The number of para-hydroxylation sites is 1. The molecule has 2 aromatic rings. The molecular formula is C26H34N2O4S. The van der Waals surface area contributed by atoms with Crippen LogP contribution < -0.4 is 5.32 Å². The fourth-order valence-electron chi connectivity index (χ4n) is 4.29. The molecule has 2 aromatic carbocycles. The van der Waals surface area contributed by atoms with Crippen LogP contribution in [0.25, 0.3) is 0 Å². The number of amides is 1. The van der Waals surface area contributed by atoms with E-state index in [1.165, 1.54) is 35.5 Å². The summed E-state index contributed by atoms with van der Waals surface area (Å²) < 4.78 is 27.5. The Kier molecular flexibility index (Phi) is 7.75. The van der Waals surface area contributed by atoms with Gasteiger partial charge in [0.1, 0.15) is 0 Å². The number of benzene rings is 2. The maximum atomic E-state index is 13.1. The van der Waals surface area contributed by atoms with Crippen LogP contribution in [0.1, 0.15) is 80.8 Å². The van der Waals surface area contributed by atoms with E-state index in [4.69, 9.17) is 0 Å². The molecule has 1 aliphatic rings. The minimum atomic E-state index is -3.66. The van der Waals surface area contributed by atoms with Crippen LogP contribution in [-0.4, -0.2) is 37.5 Å². The fourth-order valence-corrected chi connectivity index (χ4v) is 5.76. The maximum absolute atomic E-state index is 13.1. The van der Waals surface area contributed by atoms with Crippen LogP contribution in [-0.2, 0) is 14.8 Å². The van der Waals surface area contributed by atoms with E-state index in [0.717, 1.165) is 16.8 Å². The van der Waals surface area contributed by atoms with Crippen LogP contribution in [0.4, 0.5) is 5.69 Å². The largest absolute Gasteiger partial charge is 0.325 e. The van der Waals surface area contributed by atoms with Gasteiger partial charge in [0.25, 0.3) is 0 Å². The van der Waals surface area contributed by atoms with E-state index in [-0.39, 0.29) is 47.4 Å². The highest BCUT2D eigenvalue weighted by Gasteiger charge is 2.32. The van der Waals surface area contributed by atoms with Gasteiger partial charge in [-0.25, -0.2) is 8.42 Å². The lowest BCUT2D eigenvalue weighted by atomic mass is 9.91. The van der Waals surface area contributed by atoms with Gasteiger partial charge in [-0.1, -0.05) is 58.0 Å². The molecule has 3 rings (SSSR count). The zero-order chi connectivity index (χ0) is 24.3. The molecule has 1 heterocycles. The molecule has 0 spiro atoms. The number of hydrogen-bond donors (Lipinski definition) is 1. The Labute approximate surface area is 197 Å². The first-order valence-electron chi connectivity index (χ1n) is 11.6. The molecule has 0 radical (unpaired) electrons. The van der Waals surface area contributed by atoms with Crippen molar-refractivity contribution < 1.29 is 18.0 Å². The van der Waals surface area contributed by atoms with Gasteiger partial charge in [-0.05, 0) is 54.9 Å². The third-order valence-electron chi connectivity index (χ3n) is 6.34. The van der Waals surface area contributed by atoms with Crippen LogP contribution in [0.3, 0.4) is 0 Å². The molecule has 0 atom stereocenters. The number of piperidine rings is 1. The lowest BCUT2D eigenvalue weighted by Gasteiger charge is -2.31. The van der Waals surface area contributed by atoms with Crippen LogP contribution in [0.5, 0.6) is 0 Å². The summed E-state index contributed by atoms with van der Waals surface area (Å²) in [6.45, 7) is 10.5. The van der Waals surface area contributed by atoms with Gasteiger partial charge < -0.3 is 5.32 Å². The van der Waals surface area contributed by atoms with Crippen molar-refractivity contribution in [1.82, 2.24) is 4.31 Å². The van der Waals surface area contributed by atoms with Crippen LogP contribution >= 0.6 is 0 Å². The van der Waals surface area contributed by atoms with E-state index >= 15 is 0 Å². The Hall–Kier alpha value is -2.51. The van der Waals surface area contributed by atoms with E-state index in [9.17, 15) is 18.0 Å². The van der Waals surface area contributed by atoms with E-state index in [1.54, 1.807) is 0 Å². The highest BCUT2D eigenvalue weighted by Crippen LogP contribution is 2.33. The predicted molar refractivity (Wildman–Crippen MR) is 131 cm³/mol. The number of nitrogens with one attached hydrogen (secondary N) is 1. The summed E-state index contributed by atoms with van der Waals surface area (Å²) in [7, 11) is -3.66. The van der Waals surface area contributed by atoms with E-state index in [0.29, 0.717) is 18.4 Å². The summed E-state index contributed by atoms with van der Waals surface area (Å²) in [5.41, 5.74) is 3.60.